The summed E-state index contributed by atoms with van der Waals surface area (Å²) in [6, 6.07) is 7.90. The van der Waals surface area contributed by atoms with Crippen LogP contribution in [-0.2, 0) is 25.5 Å². The Morgan fingerprint density at radius 3 is 2.25 bits per heavy atom. The molecule has 1 rings (SSSR count). The number of carbonyl (C=O) groups is 3. The van der Waals surface area contributed by atoms with Crippen LogP contribution in [0, 0.1) is 5.92 Å². The molecule has 2 N–H and O–H groups in total. The van der Waals surface area contributed by atoms with Crippen molar-refractivity contribution in [2.75, 3.05) is 7.11 Å². The second-order valence-electron chi connectivity index (χ2n) is 5.84. The van der Waals surface area contributed by atoms with Crippen LogP contribution >= 0.6 is 0 Å². The van der Waals surface area contributed by atoms with Gasteiger partial charge in [0.1, 0.15) is 12.1 Å². The Balaban J connectivity index is 2.89. The molecule has 0 radical (unpaired) electrons. The summed E-state index contributed by atoms with van der Waals surface area (Å²) in [7, 11) is 1.29. The van der Waals surface area contributed by atoms with E-state index in [1.54, 1.807) is 0 Å². The minimum atomic E-state index is -0.749. The number of esters is 1. The average Bonchev–Trinajstić information content (AvgIpc) is 2.58. The lowest BCUT2D eigenvalue weighted by atomic mass is 9.98. The number of methoxy groups -OCH3 is 1. The summed E-state index contributed by atoms with van der Waals surface area (Å²) in [5, 5.41) is 5.36. The van der Waals surface area contributed by atoms with E-state index in [9.17, 15) is 14.4 Å². The van der Waals surface area contributed by atoms with Gasteiger partial charge in [0.15, 0.2) is 0 Å². The molecule has 3 atom stereocenters. The van der Waals surface area contributed by atoms with Gasteiger partial charge in [-0.05, 0) is 11.5 Å². The van der Waals surface area contributed by atoms with Gasteiger partial charge >= 0.3 is 5.97 Å². The number of carbonyl (C=O) groups excluding carboxylic acids is 3. The second-order valence-corrected chi connectivity index (χ2v) is 5.84. The molecule has 0 heterocycles. The molecule has 0 aliphatic carbocycles. The Kier molecular flexibility index (Phi) is 7.95. The van der Waals surface area contributed by atoms with Crippen LogP contribution in [0.2, 0.25) is 0 Å². The summed E-state index contributed by atoms with van der Waals surface area (Å²) in [5.41, 5.74) is 0.921. The highest BCUT2D eigenvalue weighted by molar-refractivity contribution is 5.90. The number of rotatable bonds is 8. The van der Waals surface area contributed by atoms with Crippen LogP contribution < -0.4 is 10.6 Å². The predicted molar refractivity (Wildman–Crippen MR) is 91.2 cm³/mol. The van der Waals surface area contributed by atoms with Crippen LogP contribution in [0.1, 0.15) is 32.8 Å². The molecule has 0 aromatic heterocycles. The lowest BCUT2D eigenvalue weighted by Gasteiger charge is -2.25. The van der Waals surface area contributed by atoms with Crippen LogP contribution in [0.4, 0.5) is 0 Å². The Hall–Kier alpha value is -2.37. The van der Waals surface area contributed by atoms with Crippen molar-refractivity contribution in [3.63, 3.8) is 0 Å². The molecule has 0 unspecified atom stereocenters. The van der Waals surface area contributed by atoms with Gasteiger partial charge in [-0.15, -0.1) is 0 Å². The van der Waals surface area contributed by atoms with E-state index in [2.05, 4.69) is 10.6 Å². The van der Waals surface area contributed by atoms with Gasteiger partial charge in [-0.1, -0.05) is 50.6 Å². The zero-order chi connectivity index (χ0) is 18.1. The van der Waals surface area contributed by atoms with E-state index in [1.165, 1.54) is 14.0 Å². The average molecular weight is 334 g/mol. The van der Waals surface area contributed by atoms with Crippen molar-refractivity contribution < 1.29 is 19.1 Å². The number of hydrogen-bond acceptors (Lipinski definition) is 4. The maximum absolute atomic E-state index is 12.6. The number of benzene rings is 1. The van der Waals surface area contributed by atoms with Crippen molar-refractivity contribution in [1.29, 1.82) is 0 Å². The molecular weight excluding hydrogens is 308 g/mol. The van der Waals surface area contributed by atoms with Gasteiger partial charge in [0.2, 0.25) is 11.8 Å². The fraction of sp³-hybridized carbons (Fsp3) is 0.500. The maximum Gasteiger partial charge on any atom is 0.328 e. The van der Waals surface area contributed by atoms with Gasteiger partial charge in [0, 0.05) is 13.3 Å². The topological polar surface area (TPSA) is 84.5 Å². The normalized spacial score (nSPS) is 14.2. The molecular formula is C18H26N2O4. The standard InChI is InChI=1S/C18H26N2O4/c1-5-12(2)16(18(23)24-4)20-17(22)15(19-13(3)21)11-14-9-7-6-8-10-14/h6-10,12,15-16H,5,11H2,1-4H3,(H,19,21)(H,20,22)/t12-,15+,16-/m0/s1. The molecule has 2 amide bonds. The third-order valence-corrected chi connectivity index (χ3v) is 3.94. The van der Waals surface area contributed by atoms with Gasteiger partial charge in [0.05, 0.1) is 7.11 Å². The quantitative estimate of drug-likeness (QED) is 0.705. The first kappa shape index (κ1) is 19.7. The van der Waals surface area contributed by atoms with E-state index >= 15 is 0 Å². The lowest BCUT2D eigenvalue weighted by Crippen LogP contribution is -2.54. The summed E-state index contributed by atoms with van der Waals surface area (Å²) in [6.45, 7) is 5.16. The molecule has 0 fully saturated rings. The largest absolute Gasteiger partial charge is 0.467 e. The molecule has 1 aromatic carbocycles. The molecule has 6 heteroatoms. The summed E-state index contributed by atoms with van der Waals surface area (Å²) in [5.74, 6) is -1.26. The maximum atomic E-state index is 12.6. The van der Waals surface area contributed by atoms with Gasteiger partial charge < -0.3 is 15.4 Å². The Morgan fingerprint density at radius 2 is 1.75 bits per heavy atom. The highest BCUT2D eigenvalue weighted by Crippen LogP contribution is 2.10. The third-order valence-electron chi connectivity index (χ3n) is 3.94. The molecule has 24 heavy (non-hydrogen) atoms. The predicted octanol–water partition coefficient (Wildman–Crippen LogP) is 1.44. The van der Waals surface area contributed by atoms with E-state index < -0.39 is 24.0 Å². The van der Waals surface area contributed by atoms with E-state index in [0.29, 0.717) is 12.8 Å². The zero-order valence-corrected chi connectivity index (χ0v) is 14.7. The van der Waals surface area contributed by atoms with Crippen LogP contribution in [0.5, 0.6) is 0 Å². The molecule has 0 aliphatic rings. The highest BCUT2D eigenvalue weighted by atomic mass is 16.5. The zero-order valence-electron chi connectivity index (χ0n) is 14.7. The first-order valence-electron chi connectivity index (χ1n) is 8.08. The Labute approximate surface area is 143 Å². The molecule has 0 saturated heterocycles. The summed E-state index contributed by atoms with van der Waals surface area (Å²) < 4.78 is 4.77. The minimum absolute atomic E-state index is 0.0731. The molecule has 0 saturated carbocycles. The fourth-order valence-electron chi connectivity index (χ4n) is 2.35. The minimum Gasteiger partial charge on any atom is -0.467 e. The van der Waals surface area contributed by atoms with Crippen LogP contribution in [0.3, 0.4) is 0 Å². The molecule has 1 aromatic rings. The number of nitrogens with one attached hydrogen (secondary N) is 2. The molecule has 0 spiro atoms. The monoisotopic (exact) mass is 334 g/mol. The van der Waals surface area contributed by atoms with E-state index in [0.717, 1.165) is 5.56 Å². The van der Waals surface area contributed by atoms with Crippen LogP contribution in [0.15, 0.2) is 30.3 Å². The number of ether oxygens (including phenoxy) is 1. The van der Waals surface area contributed by atoms with E-state index in [1.807, 2.05) is 44.2 Å². The molecule has 6 nitrogen and oxygen atoms in total. The van der Waals surface area contributed by atoms with Gasteiger partial charge in [-0.3, -0.25) is 9.59 Å². The van der Waals surface area contributed by atoms with Crippen LogP contribution in [0.25, 0.3) is 0 Å². The lowest BCUT2D eigenvalue weighted by molar-refractivity contribution is -0.146. The molecule has 132 valence electrons. The van der Waals surface area contributed by atoms with Gasteiger partial charge in [-0.2, -0.15) is 0 Å². The Morgan fingerprint density at radius 1 is 1.12 bits per heavy atom. The second kappa shape index (κ2) is 9.70. The number of amides is 2. The van der Waals surface area contributed by atoms with Crippen molar-refractivity contribution in [3.05, 3.63) is 35.9 Å². The van der Waals surface area contributed by atoms with Crippen molar-refractivity contribution in [1.82, 2.24) is 10.6 Å². The Bertz CT molecular complexity index is 559. The van der Waals surface area contributed by atoms with E-state index in [4.69, 9.17) is 4.74 Å². The number of hydrogen-bond donors (Lipinski definition) is 2. The summed E-state index contributed by atoms with van der Waals surface area (Å²) in [4.78, 5) is 36.0. The van der Waals surface area contributed by atoms with Crippen molar-refractivity contribution in [2.24, 2.45) is 5.92 Å². The summed E-state index contributed by atoms with van der Waals surface area (Å²) >= 11 is 0. The first-order valence-corrected chi connectivity index (χ1v) is 8.08. The van der Waals surface area contributed by atoms with Gasteiger partial charge in [-0.25, -0.2) is 4.79 Å². The van der Waals surface area contributed by atoms with Crippen molar-refractivity contribution in [2.45, 2.75) is 45.7 Å². The molecule has 0 aliphatic heterocycles. The SMILES string of the molecule is CC[C@H](C)[C@H](NC(=O)[C@@H](Cc1ccccc1)NC(C)=O)C(=O)OC. The van der Waals surface area contributed by atoms with Gasteiger partial charge in [0.25, 0.3) is 0 Å². The highest BCUT2D eigenvalue weighted by Gasteiger charge is 2.30. The summed E-state index contributed by atoms with van der Waals surface area (Å²) in [6.07, 6.45) is 1.06. The third kappa shape index (κ3) is 6.02. The molecule has 0 bridgehead atoms. The first-order chi connectivity index (χ1) is 11.4. The van der Waals surface area contributed by atoms with Crippen molar-refractivity contribution >= 4 is 17.8 Å². The van der Waals surface area contributed by atoms with E-state index in [-0.39, 0.29) is 11.8 Å². The van der Waals surface area contributed by atoms with Crippen molar-refractivity contribution in [3.8, 4) is 0 Å². The van der Waals surface area contributed by atoms with Crippen LogP contribution in [-0.4, -0.2) is 37.0 Å². The smallest absolute Gasteiger partial charge is 0.328 e. The fourth-order valence-corrected chi connectivity index (χ4v) is 2.35.